The molecular weight excluding hydrogens is 420 g/mol. The third-order valence-corrected chi connectivity index (χ3v) is 7.75. The molecule has 2 aromatic carbocycles. The van der Waals surface area contributed by atoms with E-state index in [9.17, 15) is 23.3 Å². The van der Waals surface area contributed by atoms with Crippen molar-refractivity contribution < 1.29 is 18.1 Å². The van der Waals surface area contributed by atoms with Crippen molar-refractivity contribution in [2.24, 2.45) is 0 Å². The molecule has 0 bridgehead atoms. The van der Waals surface area contributed by atoms with Gasteiger partial charge in [0.05, 0.1) is 9.82 Å². The van der Waals surface area contributed by atoms with Crippen molar-refractivity contribution in [1.82, 2.24) is 4.31 Å². The molecule has 0 atom stereocenters. The topological polar surface area (TPSA) is 104 Å². The second kappa shape index (κ2) is 8.27. The zero-order valence-corrected chi connectivity index (χ0v) is 18.0. The van der Waals surface area contributed by atoms with Gasteiger partial charge in [0.15, 0.2) is 0 Å². The standard InChI is InChI=1S/C21H24N4O5S/c1-16(26)24-10-2-3-17-15-20(8-9-21(17)24)31(29,30)23-13-11-22(12-14-23)18-4-6-19(7-5-18)25(27)28/h4-9,15H,2-3,10-14H2,1H3. The van der Waals surface area contributed by atoms with Crippen LogP contribution in [-0.4, -0.2) is 56.3 Å². The fourth-order valence-electron chi connectivity index (χ4n) is 4.18. The highest BCUT2D eigenvalue weighted by Gasteiger charge is 2.30. The lowest BCUT2D eigenvalue weighted by Crippen LogP contribution is -2.48. The average Bonchev–Trinajstić information content (AvgIpc) is 2.78. The summed E-state index contributed by atoms with van der Waals surface area (Å²) in [6.07, 6.45) is 1.56. The van der Waals surface area contributed by atoms with Crippen molar-refractivity contribution in [3.8, 4) is 0 Å². The number of nitrogens with zero attached hydrogens (tertiary/aromatic N) is 4. The Balaban J connectivity index is 1.48. The lowest BCUT2D eigenvalue weighted by atomic mass is 10.0. The number of non-ortho nitro benzene ring substituents is 1. The fourth-order valence-corrected chi connectivity index (χ4v) is 5.66. The Hall–Kier alpha value is -2.98. The Labute approximate surface area is 181 Å². The molecule has 0 aromatic heterocycles. The molecule has 0 saturated carbocycles. The van der Waals surface area contributed by atoms with Gasteiger partial charge >= 0.3 is 0 Å². The number of anilines is 2. The van der Waals surface area contributed by atoms with E-state index >= 15 is 0 Å². The number of piperazine rings is 1. The number of sulfonamides is 1. The number of hydrogen-bond donors (Lipinski definition) is 0. The number of fused-ring (bicyclic) bond motifs is 1. The minimum atomic E-state index is -3.64. The minimum absolute atomic E-state index is 0.0284. The molecule has 0 spiro atoms. The third kappa shape index (κ3) is 4.13. The van der Waals surface area contributed by atoms with E-state index in [0.717, 1.165) is 29.8 Å². The van der Waals surface area contributed by atoms with E-state index in [2.05, 4.69) is 0 Å². The molecule has 2 aliphatic rings. The summed E-state index contributed by atoms with van der Waals surface area (Å²) in [5, 5.41) is 10.8. The predicted octanol–water partition coefficient (Wildman–Crippen LogP) is 2.40. The molecule has 2 aromatic rings. The van der Waals surface area contributed by atoms with Gasteiger partial charge in [-0.05, 0) is 48.7 Å². The summed E-state index contributed by atoms with van der Waals surface area (Å²) in [6, 6.07) is 11.3. The van der Waals surface area contributed by atoms with Gasteiger partial charge in [0.25, 0.3) is 5.69 Å². The molecule has 2 heterocycles. The van der Waals surface area contributed by atoms with Gasteiger partial charge in [-0.3, -0.25) is 14.9 Å². The number of carbonyl (C=O) groups excluding carboxylic acids is 1. The maximum atomic E-state index is 13.2. The van der Waals surface area contributed by atoms with E-state index in [1.165, 1.54) is 23.4 Å². The lowest BCUT2D eigenvalue weighted by Gasteiger charge is -2.35. The molecule has 0 radical (unpaired) electrons. The van der Waals surface area contributed by atoms with Gasteiger partial charge in [-0.25, -0.2) is 8.42 Å². The van der Waals surface area contributed by atoms with E-state index in [1.54, 1.807) is 35.2 Å². The molecule has 1 fully saturated rings. The molecule has 9 nitrogen and oxygen atoms in total. The van der Waals surface area contributed by atoms with Gasteiger partial charge in [0.1, 0.15) is 0 Å². The maximum absolute atomic E-state index is 13.2. The summed E-state index contributed by atoms with van der Waals surface area (Å²) in [6.45, 7) is 3.83. The van der Waals surface area contributed by atoms with Crippen LogP contribution < -0.4 is 9.80 Å². The SMILES string of the molecule is CC(=O)N1CCCc2cc(S(=O)(=O)N3CCN(c4ccc([N+](=O)[O-])cc4)CC3)ccc21. The highest BCUT2D eigenvalue weighted by molar-refractivity contribution is 7.89. The first-order valence-corrected chi connectivity index (χ1v) is 11.6. The van der Waals surface area contributed by atoms with Crippen LogP contribution in [0.5, 0.6) is 0 Å². The number of nitro benzene ring substituents is 1. The minimum Gasteiger partial charge on any atom is -0.369 e. The van der Waals surface area contributed by atoms with Crippen molar-refractivity contribution in [2.75, 3.05) is 42.5 Å². The first-order chi connectivity index (χ1) is 14.8. The molecule has 0 unspecified atom stereocenters. The average molecular weight is 445 g/mol. The van der Waals surface area contributed by atoms with Crippen molar-refractivity contribution in [3.05, 3.63) is 58.1 Å². The van der Waals surface area contributed by atoms with Crippen molar-refractivity contribution >= 4 is 33.0 Å². The summed E-state index contributed by atoms with van der Waals surface area (Å²) in [5.41, 5.74) is 2.54. The molecule has 2 aliphatic heterocycles. The molecule has 4 rings (SSSR count). The zero-order valence-electron chi connectivity index (χ0n) is 17.2. The van der Waals surface area contributed by atoms with Crippen molar-refractivity contribution in [1.29, 1.82) is 0 Å². The Morgan fingerprint density at radius 2 is 1.68 bits per heavy atom. The summed E-state index contributed by atoms with van der Waals surface area (Å²) in [5.74, 6) is -0.0427. The Morgan fingerprint density at radius 3 is 2.29 bits per heavy atom. The summed E-state index contributed by atoms with van der Waals surface area (Å²) in [4.78, 5) is 26.2. The van der Waals surface area contributed by atoms with Crippen LogP contribution in [0.1, 0.15) is 18.9 Å². The Kier molecular flexibility index (Phi) is 5.67. The van der Waals surface area contributed by atoms with Crippen LogP contribution >= 0.6 is 0 Å². The number of rotatable bonds is 4. The van der Waals surface area contributed by atoms with Gasteiger partial charge < -0.3 is 9.80 Å². The van der Waals surface area contributed by atoms with Gasteiger partial charge in [-0.1, -0.05) is 0 Å². The van der Waals surface area contributed by atoms with Gasteiger partial charge in [-0.2, -0.15) is 4.31 Å². The molecular formula is C21H24N4O5S. The first kappa shape index (κ1) is 21.3. The number of hydrogen-bond acceptors (Lipinski definition) is 6. The van der Waals surface area contributed by atoms with Crippen LogP contribution in [0.2, 0.25) is 0 Å². The second-order valence-corrected chi connectivity index (χ2v) is 9.67. The highest BCUT2D eigenvalue weighted by atomic mass is 32.2. The lowest BCUT2D eigenvalue weighted by molar-refractivity contribution is -0.384. The molecule has 0 N–H and O–H groups in total. The number of aryl methyl sites for hydroxylation is 1. The first-order valence-electron chi connectivity index (χ1n) is 10.2. The zero-order chi connectivity index (χ0) is 22.2. The van der Waals surface area contributed by atoms with Crippen LogP contribution in [0.25, 0.3) is 0 Å². The number of nitro groups is 1. The summed E-state index contributed by atoms with van der Waals surface area (Å²) < 4.78 is 27.9. The molecule has 0 aliphatic carbocycles. The van der Waals surface area contributed by atoms with Crippen LogP contribution in [0, 0.1) is 10.1 Å². The number of carbonyl (C=O) groups is 1. The summed E-state index contributed by atoms with van der Waals surface area (Å²) in [7, 11) is -3.64. The van der Waals surface area contributed by atoms with Crippen molar-refractivity contribution in [3.63, 3.8) is 0 Å². The second-order valence-electron chi connectivity index (χ2n) is 7.73. The van der Waals surface area contributed by atoms with Gasteiger partial charge in [0.2, 0.25) is 15.9 Å². The predicted molar refractivity (Wildman–Crippen MR) is 117 cm³/mol. The monoisotopic (exact) mass is 444 g/mol. The Morgan fingerprint density at radius 1 is 1.00 bits per heavy atom. The molecule has 1 saturated heterocycles. The van der Waals surface area contributed by atoms with Crippen LogP contribution in [-0.2, 0) is 21.2 Å². The van der Waals surface area contributed by atoms with Gasteiger partial charge in [0, 0.05) is 63.2 Å². The van der Waals surface area contributed by atoms with Gasteiger partial charge in [-0.15, -0.1) is 0 Å². The third-order valence-electron chi connectivity index (χ3n) is 5.85. The highest BCUT2D eigenvalue weighted by Crippen LogP contribution is 2.31. The maximum Gasteiger partial charge on any atom is 0.269 e. The van der Waals surface area contributed by atoms with Crippen LogP contribution in [0.3, 0.4) is 0 Å². The molecule has 1 amide bonds. The normalized spacial score (nSPS) is 17.3. The number of amides is 1. The van der Waals surface area contributed by atoms with E-state index in [4.69, 9.17) is 0 Å². The van der Waals surface area contributed by atoms with E-state index < -0.39 is 14.9 Å². The van der Waals surface area contributed by atoms with E-state index in [-0.39, 0.29) is 16.5 Å². The summed E-state index contributed by atoms with van der Waals surface area (Å²) >= 11 is 0. The largest absolute Gasteiger partial charge is 0.369 e. The smallest absolute Gasteiger partial charge is 0.269 e. The van der Waals surface area contributed by atoms with Crippen molar-refractivity contribution in [2.45, 2.75) is 24.7 Å². The fraction of sp³-hybridized carbons (Fsp3) is 0.381. The van der Waals surface area contributed by atoms with E-state index in [1.807, 2.05) is 4.90 Å². The quantitative estimate of drug-likeness (QED) is 0.530. The Bertz CT molecular complexity index is 1110. The van der Waals surface area contributed by atoms with Crippen LogP contribution in [0.15, 0.2) is 47.4 Å². The number of benzene rings is 2. The van der Waals surface area contributed by atoms with E-state index in [0.29, 0.717) is 32.7 Å². The molecule has 10 heteroatoms. The van der Waals surface area contributed by atoms with Crippen LogP contribution in [0.4, 0.5) is 17.1 Å². The molecule has 31 heavy (non-hydrogen) atoms. The molecule has 164 valence electrons.